The fraction of sp³-hybridized carbons (Fsp3) is 0.444. The number of benzene rings is 1. The molecule has 0 spiro atoms. The summed E-state index contributed by atoms with van der Waals surface area (Å²) in [6, 6.07) is 9.54. The summed E-state index contributed by atoms with van der Waals surface area (Å²) < 4.78 is 27.3. The highest BCUT2D eigenvalue weighted by Crippen LogP contribution is 2.24. The Hall–Kier alpha value is -2.15. The van der Waals surface area contributed by atoms with E-state index in [1.807, 2.05) is 30.3 Å². The summed E-state index contributed by atoms with van der Waals surface area (Å²) in [7, 11) is -2.20. The molecule has 1 atom stereocenters. The van der Waals surface area contributed by atoms with E-state index in [2.05, 4.69) is 10.3 Å². The summed E-state index contributed by atoms with van der Waals surface area (Å²) in [4.78, 5) is 16.5. The zero-order valence-electron chi connectivity index (χ0n) is 14.5. The van der Waals surface area contributed by atoms with Crippen LogP contribution in [0.4, 0.5) is 0 Å². The van der Waals surface area contributed by atoms with Crippen LogP contribution in [0.1, 0.15) is 32.6 Å². The van der Waals surface area contributed by atoms with E-state index in [1.54, 1.807) is 7.05 Å². The fourth-order valence-electron chi connectivity index (χ4n) is 3.22. The molecule has 0 radical (unpaired) electrons. The molecule has 0 aliphatic heterocycles. The molecule has 0 unspecified atom stereocenters. The molecule has 7 heteroatoms. The van der Waals surface area contributed by atoms with Gasteiger partial charge >= 0.3 is 0 Å². The number of hydrogen-bond acceptors (Lipinski definition) is 4. The average molecular weight is 361 g/mol. The van der Waals surface area contributed by atoms with Crippen molar-refractivity contribution >= 4 is 15.7 Å². The van der Waals surface area contributed by atoms with Gasteiger partial charge in [-0.25, -0.2) is 13.4 Å². The van der Waals surface area contributed by atoms with Crippen molar-refractivity contribution in [1.29, 1.82) is 0 Å². The molecular formula is C18H23N3O3S. The standard InChI is InChI=1S/C18H23N3O3S/c1-13(17(22)20-15-10-6-7-11-15)25(23,24)18-19-12-16(21(18)2)14-8-4-3-5-9-14/h3-5,8-9,12-13,15H,6-7,10-11H2,1-2H3,(H,20,22)/t13-/m1/s1. The molecule has 1 fully saturated rings. The number of nitrogens with one attached hydrogen (secondary N) is 1. The Bertz CT molecular complexity index is 853. The lowest BCUT2D eigenvalue weighted by atomic mass is 10.2. The van der Waals surface area contributed by atoms with Crippen LogP contribution >= 0.6 is 0 Å². The van der Waals surface area contributed by atoms with Crippen LogP contribution in [0.2, 0.25) is 0 Å². The maximum absolute atomic E-state index is 12.9. The molecule has 1 saturated carbocycles. The quantitative estimate of drug-likeness (QED) is 0.886. The summed E-state index contributed by atoms with van der Waals surface area (Å²) >= 11 is 0. The Morgan fingerprint density at radius 1 is 1.24 bits per heavy atom. The van der Waals surface area contributed by atoms with E-state index in [0.717, 1.165) is 31.2 Å². The number of amides is 1. The van der Waals surface area contributed by atoms with Gasteiger partial charge in [0.05, 0.1) is 11.9 Å². The number of rotatable bonds is 5. The van der Waals surface area contributed by atoms with Gasteiger partial charge in [0.2, 0.25) is 20.9 Å². The van der Waals surface area contributed by atoms with Crippen molar-refractivity contribution in [2.75, 3.05) is 0 Å². The molecule has 2 aromatic rings. The van der Waals surface area contributed by atoms with Gasteiger partial charge in [0.1, 0.15) is 5.25 Å². The molecule has 1 amide bonds. The van der Waals surface area contributed by atoms with Gasteiger partial charge in [-0.05, 0) is 25.3 Å². The van der Waals surface area contributed by atoms with Crippen LogP contribution in [-0.2, 0) is 21.7 Å². The van der Waals surface area contributed by atoms with Crippen molar-refractivity contribution < 1.29 is 13.2 Å². The van der Waals surface area contributed by atoms with Crippen molar-refractivity contribution in [3.8, 4) is 11.3 Å². The van der Waals surface area contributed by atoms with E-state index in [9.17, 15) is 13.2 Å². The molecule has 0 bridgehead atoms. The summed E-state index contributed by atoms with van der Waals surface area (Å²) in [6.45, 7) is 1.43. The van der Waals surface area contributed by atoms with Gasteiger partial charge < -0.3 is 9.88 Å². The van der Waals surface area contributed by atoms with Gasteiger partial charge in [-0.15, -0.1) is 0 Å². The minimum Gasteiger partial charge on any atom is -0.352 e. The maximum Gasteiger partial charge on any atom is 0.238 e. The first-order valence-corrected chi connectivity index (χ1v) is 10.1. The molecule has 6 nitrogen and oxygen atoms in total. The Morgan fingerprint density at radius 2 is 1.88 bits per heavy atom. The molecular weight excluding hydrogens is 338 g/mol. The Balaban J connectivity index is 1.84. The lowest BCUT2D eigenvalue weighted by Crippen LogP contribution is -2.42. The fourth-order valence-corrected chi connectivity index (χ4v) is 4.57. The first-order chi connectivity index (χ1) is 11.9. The lowest BCUT2D eigenvalue weighted by Gasteiger charge is -2.17. The Kier molecular flexibility index (Phi) is 4.94. The number of sulfone groups is 1. The SMILES string of the molecule is C[C@H](C(=O)NC1CCCC1)S(=O)(=O)c1ncc(-c2ccccc2)n1C. The summed E-state index contributed by atoms with van der Waals surface area (Å²) in [5.41, 5.74) is 1.57. The third kappa shape index (κ3) is 3.46. The molecule has 134 valence electrons. The zero-order valence-corrected chi connectivity index (χ0v) is 15.3. The maximum atomic E-state index is 12.9. The Morgan fingerprint density at radius 3 is 2.52 bits per heavy atom. The first kappa shape index (κ1) is 17.7. The molecule has 1 aromatic carbocycles. The van der Waals surface area contributed by atoms with Gasteiger partial charge in [-0.3, -0.25) is 4.79 Å². The minimum absolute atomic E-state index is 0.0829. The van der Waals surface area contributed by atoms with E-state index < -0.39 is 21.0 Å². The highest BCUT2D eigenvalue weighted by Gasteiger charge is 2.35. The van der Waals surface area contributed by atoms with Gasteiger partial charge in [0, 0.05) is 13.1 Å². The third-order valence-electron chi connectivity index (χ3n) is 4.81. The second-order valence-electron chi connectivity index (χ2n) is 6.53. The third-order valence-corrected chi connectivity index (χ3v) is 6.84. The molecule has 1 aromatic heterocycles. The predicted octanol–water partition coefficient (Wildman–Crippen LogP) is 2.31. The van der Waals surface area contributed by atoms with E-state index in [4.69, 9.17) is 0 Å². The number of hydrogen-bond donors (Lipinski definition) is 1. The number of aromatic nitrogens is 2. The van der Waals surface area contributed by atoms with Crippen LogP contribution in [0.3, 0.4) is 0 Å². The molecule has 1 aliphatic rings. The van der Waals surface area contributed by atoms with Crippen LogP contribution in [-0.4, -0.2) is 35.2 Å². The van der Waals surface area contributed by atoms with E-state index in [1.165, 1.54) is 17.7 Å². The molecule has 1 N–H and O–H groups in total. The zero-order chi connectivity index (χ0) is 18.0. The van der Waals surface area contributed by atoms with Crippen LogP contribution in [0, 0.1) is 0 Å². The predicted molar refractivity (Wildman–Crippen MR) is 95.7 cm³/mol. The van der Waals surface area contributed by atoms with E-state index in [0.29, 0.717) is 5.69 Å². The first-order valence-electron chi connectivity index (χ1n) is 8.52. The molecule has 25 heavy (non-hydrogen) atoms. The largest absolute Gasteiger partial charge is 0.352 e. The summed E-state index contributed by atoms with van der Waals surface area (Å²) in [5, 5.41) is 1.61. The van der Waals surface area contributed by atoms with Crippen molar-refractivity contribution in [2.45, 2.75) is 49.1 Å². The van der Waals surface area contributed by atoms with Crippen LogP contribution < -0.4 is 5.32 Å². The van der Waals surface area contributed by atoms with Crippen molar-refractivity contribution in [3.05, 3.63) is 36.5 Å². The van der Waals surface area contributed by atoms with Gasteiger partial charge in [0.25, 0.3) is 0 Å². The molecule has 3 rings (SSSR count). The van der Waals surface area contributed by atoms with Gasteiger partial charge in [-0.1, -0.05) is 43.2 Å². The van der Waals surface area contributed by atoms with Crippen LogP contribution in [0.5, 0.6) is 0 Å². The topological polar surface area (TPSA) is 81.1 Å². The highest BCUT2D eigenvalue weighted by molar-refractivity contribution is 7.92. The lowest BCUT2D eigenvalue weighted by molar-refractivity contribution is -0.121. The average Bonchev–Trinajstić information content (AvgIpc) is 3.24. The van der Waals surface area contributed by atoms with Crippen molar-refractivity contribution in [3.63, 3.8) is 0 Å². The minimum atomic E-state index is -3.86. The van der Waals surface area contributed by atoms with Crippen molar-refractivity contribution in [2.24, 2.45) is 7.05 Å². The van der Waals surface area contributed by atoms with E-state index in [-0.39, 0.29) is 11.2 Å². The summed E-state index contributed by atoms with van der Waals surface area (Å²) in [5.74, 6) is -0.448. The molecule has 1 aliphatic carbocycles. The smallest absolute Gasteiger partial charge is 0.238 e. The normalized spacial score (nSPS) is 16.7. The van der Waals surface area contributed by atoms with Gasteiger partial charge in [-0.2, -0.15) is 0 Å². The molecule has 0 saturated heterocycles. The summed E-state index contributed by atoms with van der Waals surface area (Å²) in [6.07, 6.45) is 5.51. The Labute approximate surface area is 148 Å². The second-order valence-corrected chi connectivity index (χ2v) is 8.69. The number of carbonyl (C=O) groups excluding carboxylic acids is 1. The van der Waals surface area contributed by atoms with E-state index >= 15 is 0 Å². The number of imidazole rings is 1. The second kappa shape index (κ2) is 7.00. The van der Waals surface area contributed by atoms with Crippen molar-refractivity contribution in [1.82, 2.24) is 14.9 Å². The number of carbonyl (C=O) groups is 1. The highest BCUT2D eigenvalue weighted by atomic mass is 32.2. The van der Waals surface area contributed by atoms with Gasteiger partial charge in [0.15, 0.2) is 0 Å². The monoisotopic (exact) mass is 361 g/mol. The molecule has 1 heterocycles. The van der Waals surface area contributed by atoms with Crippen LogP contribution in [0.15, 0.2) is 41.7 Å². The number of nitrogens with zero attached hydrogens (tertiary/aromatic N) is 2. The van der Waals surface area contributed by atoms with Crippen LogP contribution in [0.25, 0.3) is 11.3 Å².